The van der Waals surface area contributed by atoms with E-state index in [4.69, 9.17) is 5.84 Å². The molecule has 4 bridgehead atoms. The molecule has 0 aromatic heterocycles. The van der Waals surface area contributed by atoms with Gasteiger partial charge in [0, 0.05) is 11.6 Å². The van der Waals surface area contributed by atoms with Crippen LogP contribution in [-0.2, 0) is 0 Å². The lowest BCUT2D eigenvalue weighted by Crippen LogP contribution is -2.63. The van der Waals surface area contributed by atoms with Crippen molar-refractivity contribution in [3.63, 3.8) is 0 Å². The lowest BCUT2D eigenvalue weighted by atomic mass is 9.54. The molecule has 4 fully saturated rings. The monoisotopic (exact) mass is 222 g/mol. The predicted octanol–water partition coefficient (Wildman–Crippen LogP) is 2.79. The average Bonchev–Trinajstić information content (AvgIpc) is 2.13. The SMILES string of the molecule is CC(C)(C)N(N)C1C2CC3CC(C2)CC1C3. The largest absolute Gasteiger partial charge is 0.268 e. The lowest BCUT2D eigenvalue weighted by Gasteiger charge is -2.58. The van der Waals surface area contributed by atoms with E-state index in [0.29, 0.717) is 6.04 Å². The summed E-state index contributed by atoms with van der Waals surface area (Å²) in [6.45, 7) is 6.74. The Kier molecular flexibility index (Phi) is 2.38. The molecule has 0 aromatic rings. The molecule has 2 nitrogen and oxygen atoms in total. The first-order valence-corrected chi connectivity index (χ1v) is 6.99. The van der Waals surface area contributed by atoms with Crippen LogP contribution in [0.15, 0.2) is 0 Å². The highest BCUT2D eigenvalue weighted by molar-refractivity contribution is 5.02. The van der Waals surface area contributed by atoms with Gasteiger partial charge in [-0.1, -0.05) is 0 Å². The van der Waals surface area contributed by atoms with Crippen LogP contribution in [0, 0.1) is 23.7 Å². The van der Waals surface area contributed by atoms with E-state index in [1.54, 1.807) is 0 Å². The van der Waals surface area contributed by atoms with Crippen LogP contribution in [0.1, 0.15) is 52.9 Å². The Hall–Kier alpha value is -0.0800. The third kappa shape index (κ3) is 1.62. The molecule has 0 amide bonds. The molecule has 0 unspecified atom stereocenters. The molecule has 0 aromatic carbocycles. The minimum atomic E-state index is 0.125. The second-order valence-electron chi connectivity index (χ2n) is 7.50. The fraction of sp³-hybridized carbons (Fsp3) is 1.00. The highest BCUT2D eigenvalue weighted by Gasteiger charge is 2.51. The average molecular weight is 222 g/mol. The quantitative estimate of drug-likeness (QED) is 0.546. The zero-order chi connectivity index (χ0) is 11.5. The minimum Gasteiger partial charge on any atom is -0.268 e. The summed E-state index contributed by atoms with van der Waals surface area (Å²) in [6.07, 6.45) is 7.37. The van der Waals surface area contributed by atoms with E-state index in [0.717, 1.165) is 23.7 Å². The molecule has 0 saturated heterocycles. The Morgan fingerprint density at radius 3 is 1.69 bits per heavy atom. The topological polar surface area (TPSA) is 29.3 Å². The highest BCUT2D eigenvalue weighted by Crippen LogP contribution is 2.55. The van der Waals surface area contributed by atoms with Crippen LogP contribution in [0.4, 0.5) is 0 Å². The van der Waals surface area contributed by atoms with Gasteiger partial charge in [0.2, 0.25) is 0 Å². The molecule has 0 aliphatic heterocycles. The van der Waals surface area contributed by atoms with Gasteiger partial charge < -0.3 is 0 Å². The molecule has 0 radical (unpaired) electrons. The highest BCUT2D eigenvalue weighted by atomic mass is 15.5. The van der Waals surface area contributed by atoms with Crippen molar-refractivity contribution in [2.75, 3.05) is 0 Å². The summed E-state index contributed by atoms with van der Waals surface area (Å²) in [4.78, 5) is 0. The fourth-order valence-corrected chi connectivity index (χ4v) is 4.80. The van der Waals surface area contributed by atoms with E-state index < -0.39 is 0 Å². The second-order valence-corrected chi connectivity index (χ2v) is 7.50. The third-order valence-electron chi connectivity index (χ3n) is 5.27. The van der Waals surface area contributed by atoms with E-state index in [-0.39, 0.29) is 5.54 Å². The van der Waals surface area contributed by atoms with E-state index >= 15 is 0 Å². The minimum absolute atomic E-state index is 0.125. The molecule has 0 atom stereocenters. The molecule has 0 heterocycles. The smallest absolute Gasteiger partial charge is 0.0303 e. The van der Waals surface area contributed by atoms with Crippen LogP contribution in [0.3, 0.4) is 0 Å². The van der Waals surface area contributed by atoms with E-state index in [9.17, 15) is 0 Å². The summed E-state index contributed by atoms with van der Waals surface area (Å²) in [6, 6.07) is 0.674. The molecule has 4 aliphatic rings. The molecule has 92 valence electrons. The number of nitrogens with zero attached hydrogens (tertiary/aromatic N) is 1. The van der Waals surface area contributed by atoms with Gasteiger partial charge in [-0.3, -0.25) is 5.84 Å². The Bertz CT molecular complexity index is 251. The van der Waals surface area contributed by atoms with Gasteiger partial charge in [0.1, 0.15) is 0 Å². The molecule has 4 aliphatic carbocycles. The standard InChI is InChI=1S/C14H26N2/c1-14(2,3)16(15)13-11-5-9-4-10(7-11)8-12(13)6-9/h9-13H,4-8,15H2,1-3H3. The summed E-state index contributed by atoms with van der Waals surface area (Å²) >= 11 is 0. The van der Waals surface area contributed by atoms with Crippen molar-refractivity contribution < 1.29 is 0 Å². The van der Waals surface area contributed by atoms with Crippen molar-refractivity contribution in [3.05, 3.63) is 0 Å². The summed E-state index contributed by atoms with van der Waals surface area (Å²) in [7, 11) is 0. The first-order chi connectivity index (χ1) is 7.45. The Morgan fingerprint density at radius 2 is 1.31 bits per heavy atom. The second kappa shape index (κ2) is 3.46. The van der Waals surface area contributed by atoms with Crippen LogP contribution < -0.4 is 5.84 Å². The predicted molar refractivity (Wildman–Crippen MR) is 66.6 cm³/mol. The molecule has 2 N–H and O–H groups in total. The van der Waals surface area contributed by atoms with Crippen LogP contribution >= 0.6 is 0 Å². The third-order valence-corrected chi connectivity index (χ3v) is 5.27. The van der Waals surface area contributed by atoms with Gasteiger partial charge in [0.15, 0.2) is 0 Å². The lowest BCUT2D eigenvalue weighted by molar-refractivity contribution is -0.0931. The normalized spacial score (nSPS) is 46.7. The molecular formula is C14H26N2. The van der Waals surface area contributed by atoms with Crippen LogP contribution in [0.2, 0.25) is 0 Å². The van der Waals surface area contributed by atoms with Gasteiger partial charge in [0.25, 0.3) is 0 Å². The van der Waals surface area contributed by atoms with Gasteiger partial charge in [-0.15, -0.1) is 0 Å². The molecule has 2 heteroatoms. The van der Waals surface area contributed by atoms with Crippen LogP contribution in [0.25, 0.3) is 0 Å². The van der Waals surface area contributed by atoms with Crippen molar-refractivity contribution in [1.29, 1.82) is 0 Å². The van der Waals surface area contributed by atoms with Crippen molar-refractivity contribution in [3.8, 4) is 0 Å². The Morgan fingerprint density at radius 1 is 0.875 bits per heavy atom. The maximum Gasteiger partial charge on any atom is 0.0303 e. The van der Waals surface area contributed by atoms with E-state index in [1.165, 1.54) is 32.1 Å². The van der Waals surface area contributed by atoms with Crippen molar-refractivity contribution >= 4 is 0 Å². The van der Waals surface area contributed by atoms with Gasteiger partial charge in [-0.2, -0.15) is 0 Å². The number of hydrogen-bond donors (Lipinski definition) is 1. The molecular weight excluding hydrogens is 196 g/mol. The number of hydrazine groups is 1. The maximum atomic E-state index is 6.41. The molecule has 0 spiro atoms. The summed E-state index contributed by atoms with van der Waals surface area (Å²) in [5.41, 5.74) is 0.125. The zero-order valence-corrected chi connectivity index (χ0v) is 10.9. The molecule has 16 heavy (non-hydrogen) atoms. The number of hydrogen-bond acceptors (Lipinski definition) is 2. The van der Waals surface area contributed by atoms with Gasteiger partial charge in [0.05, 0.1) is 0 Å². The molecule has 4 rings (SSSR count). The van der Waals surface area contributed by atoms with Crippen molar-refractivity contribution in [1.82, 2.24) is 5.01 Å². The number of rotatable bonds is 1. The molecule has 4 saturated carbocycles. The van der Waals surface area contributed by atoms with Crippen molar-refractivity contribution in [2.24, 2.45) is 29.5 Å². The zero-order valence-electron chi connectivity index (χ0n) is 10.9. The van der Waals surface area contributed by atoms with Gasteiger partial charge in [-0.25, -0.2) is 5.01 Å². The fourth-order valence-electron chi connectivity index (χ4n) is 4.80. The summed E-state index contributed by atoms with van der Waals surface area (Å²) in [5, 5.41) is 2.19. The van der Waals surface area contributed by atoms with Gasteiger partial charge >= 0.3 is 0 Å². The maximum absolute atomic E-state index is 6.41. The van der Waals surface area contributed by atoms with Crippen molar-refractivity contribution in [2.45, 2.75) is 64.5 Å². The van der Waals surface area contributed by atoms with E-state index in [2.05, 4.69) is 25.8 Å². The summed E-state index contributed by atoms with van der Waals surface area (Å²) in [5.74, 6) is 10.3. The van der Waals surface area contributed by atoms with E-state index in [1.807, 2.05) is 0 Å². The first-order valence-electron chi connectivity index (χ1n) is 6.99. The Balaban J connectivity index is 1.81. The first kappa shape index (κ1) is 11.0. The van der Waals surface area contributed by atoms with Crippen LogP contribution in [-0.4, -0.2) is 16.6 Å². The number of nitrogens with two attached hydrogens (primary N) is 1. The summed E-state index contributed by atoms with van der Waals surface area (Å²) < 4.78 is 0. The van der Waals surface area contributed by atoms with Crippen LogP contribution in [0.5, 0.6) is 0 Å². The van der Waals surface area contributed by atoms with Gasteiger partial charge in [-0.05, 0) is 76.5 Å². The Labute approximate surface area is 99.5 Å².